The van der Waals surface area contributed by atoms with Crippen LogP contribution in [0.25, 0.3) is 0 Å². The number of rotatable bonds is 1. The van der Waals surface area contributed by atoms with Gasteiger partial charge in [0.05, 0.1) is 6.26 Å². The summed E-state index contributed by atoms with van der Waals surface area (Å²) in [5, 5.41) is 0. The predicted molar refractivity (Wildman–Crippen MR) is 54.1 cm³/mol. The van der Waals surface area contributed by atoms with Crippen molar-refractivity contribution in [2.75, 3.05) is 0 Å². The molecule has 0 saturated heterocycles. The monoisotopic (exact) mass is 192 g/mol. The number of carbonyl (C=O) groups is 1. The van der Waals surface area contributed by atoms with Crippen LogP contribution in [0.15, 0.2) is 22.8 Å². The van der Waals surface area contributed by atoms with Gasteiger partial charge in [-0.25, -0.2) is 0 Å². The Bertz CT molecular complexity index is 322. The van der Waals surface area contributed by atoms with E-state index in [1.165, 1.54) is 0 Å². The summed E-state index contributed by atoms with van der Waals surface area (Å²) < 4.78 is 5.36. The Kier molecular flexibility index (Phi) is 2.22. The minimum atomic E-state index is 0.132. The van der Waals surface area contributed by atoms with Crippen molar-refractivity contribution in [3.8, 4) is 0 Å². The molecule has 1 fully saturated rings. The van der Waals surface area contributed by atoms with Crippen molar-refractivity contribution in [1.82, 2.24) is 0 Å². The number of hydrogen-bond acceptors (Lipinski definition) is 2. The quantitative estimate of drug-likeness (QED) is 0.684. The van der Waals surface area contributed by atoms with E-state index in [1.54, 1.807) is 6.26 Å². The van der Waals surface area contributed by atoms with Crippen molar-refractivity contribution in [1.29, 1.82) is 0 Å². The molecule has 1 unspecified atom stereocenters. The van der Waals surface area contributed by atoms with Crippen LogP contribution < -0.4 is 0 Å². The van der Waals surface area contributed by atoms with Crippen LogP contribution in [-0.2, 0) is 4.79 Å². The van der Waals surface area contributed by atoms with Crippen LogP contribution in [0.3, 0.4) is 0 Å². The molecule has 1 saturated carbocycles. The Morgan fingerprint density at radius 2 is 2.29 bits per heavy atom. The van der Waals surface area contributed by atoms with Gasteiger partial charge in [-0.05, 0) is 24.0 Å². The van der Waals surface area contributed by atoms with E-state index >= 15 is 0 Å². The lowest BCUT2D eigenvalue weighted by atomic mass is 9.71. The van der Waals surface area contributed by atoms with E-state index in [4.69, 9.17) is 4.42 Å². The lowest BCUT2D eigenvalue weighted by molar-refractivity contribution is -0.123. The maximum atomic E-state index is 11.5. The van der Waals surface area contributed by atoms with E-state index in [9.17, 15) is 4.79 Å². The second kappa shape index (κ2) is 3.26. The maximum Gasteiger partial charge on any atom is 0.134 e. The summed E-state index contributed by atoms with van der Waals surface area (Å²) >= 11 is 0. The highest BCUT2D eigenvalue weighted by atomic mass is 16.3. The SMILES string of the molecule is CC1(C)CC(=O)CC(c2ccco2)C1. The summed E-state index contributed by atoms with van der Waals surface area (Å²) in [6.07, 6.45) is 4.09. The van der Waals surface area contributed by atoms with Crippen molar-refractivity contribution in [2.24, 2.45) is 5.41 Å². The predicted octanol–water partition coefficient (Wildman–Crippen LogP) is 3.14. The summed E-state index contributed by atoms with van der Waals surface area (Å²) in [4.78, 5) is 11.5. The van der Waals surface area contributed by atoms with Crippen LogP contribution >= 0.6 is 0 Å². The molecule has 0 bridgehead atoms. The van der Waals surface area contributed by atoms with Crippen LogP contribution in [0.4, 0.5) is 0 Å². The number of Topliss-reactive ketones (excluding diaryl/α,β-unsaturated/α-hetero) is 1. The lowest BCUT2D eigenvalue weighted by Crippen LogP contribution is -2.27. The van der Waals surface area contributed by atoms with Gasteiger partial charge in [-0.3, -0.25) is 4.79 Å². The van der Waals surface area contributed by atoms with E-state index in [0.29, 0.717) is 24.5 Å². The van der Waals surface area contributed by atoms with Crippen LogP contribution in [0.1, 0.15) is 44.8 Å². The average molecular weight is 192 g/mol. The third-order valence-corrected chi connectivity index (χ3v) is 2.89. The highest BCUT2D eigenvalue weighted by Crippen LogP contribution is 2.41. The fourth-order valence-corrected chi connectivity index (χ4v) is 2.42. The minimum absolute atomic E-state index is 0.132. The summed E-state index contributed by atoms with van der Waals surface area (Å²) in [5.41, 5.74) is 0.132. The number of hydrogen-bond donors (Lipinski definition) is 0. The van der Waals surface area contributed by atoms with Crippen molar-refractivity contribution in [3.63, 3.8) is 0 Å². The molecular weight excluding hydrogens is 176 g/mol. The second-order valence-corrected chi connectivity index (χ2v) is 5.00. The molecule has 0 N–H and O–H groups in total. The van der Waals surface area contributed by atoms with Gasteiger partial charge in [-0.2, -0.15) is 0 Å². The largest absolute Gasteiger partial charge is 0.469 e. The lowest BCUT2D eigenvalue weighted by Gasteiger charge is -2.33. The highest BCUT2D eigenvalue weighted by Gasteiger charge is 2.34. The van der Waals surface area contributed by atoms with Gasteiger partial charge in [0, 0.05) is 18.8 Å². The molecule has 2 rings (SSSR count). The Labute approximate surface area is 84.3 Å². The first-order valence-corrected chi connectivity index (χ1v) is 5.12. The first kappa shape index (κ1) is 9.50. The number of ketones is 1. The zero-order valence-electron chi connectivity index (χ0n) is 8.75. The summed E-state index contributed by atoms with van der Waals surface area (Å²) in [7, 11) is 0. The van der Waals surface area contributed by atoms with Gasteiger partial charge in [0.2, 0.25) is 0 Å². The molecule has 0 spiro atoms. The molecule has 1 heterocycles. The van der Waals surface area contributed by atoms with Crippen LogP contribution in [0.5, 0.6) is 0 Å². The standard InChI is InChI=1S/C12H16O2/c1-12(2)7-9(6-10(13)8-12)11-4-3-5-14-11/h3-5,9H,6-8H2,1-2H3. The van der Waals surface area contributed by atoms with Gasteiger partial charge in [0.15, 0.2) is 0 Å². The Morgan fingerprint density at radius 3 is 2.86 bits per heavy atom. The van der Waals surface area contributed by atoms with E-state index in [0.717, 1.165) is 12.2 Å². The molecule has 1 aromatic heterocycles. The van der Waals surface area contributed by atoms with Crippen molar-refractivity contribution in [2.45, 2.75) is 39.0 Å². The first-order chi connectivity index (χ1) is 6.57. The minimum Gasteiger partial charge on any atom is -0.469 e. The highest BCUT2D eigenvalue weighted by molar-refractivity contribution is 5.80. The molecule has 2 nitrogen and oxygen atoms in total. The molecule has 1 atom stereocenters. The van der Waals surface area contributed by atoms with Crippen molar-refractivity contribution < 1.29 is 9.21 Å². The van der Waals surface area contributed by atoms with Gasteiger partial charge < -0.3 is 4.42 Å². The zero-order chi connectivity index (χ0) is 10.2. The zero-order valence-corrected chi connectivity index (χ0v) is 8.75. The van der Waals surface area contributed by atoms with Gasteiger partial charge in [-0.15, -0.1) is 0 Å². The third kappa shape index (κ3) is 1.89. The van der Waals surface area contributed by atoms with E-state index in [1.807, 2.05) is 12.1 Å². The molecule has 2 heteroatoms. The maximum absolute atomic E-state index is 11.5. The summed E-state index contributed by atoms with van der Waals surface area (Å²) in [6, 6.07) is 3.86. The Morgan fingerprint density at radius 1 is 1.50 bits per heavy atom. The number of carbonyl (C=O) groups excluding carboxylic acids is 1. The van der Waals surface area contributed by atoms with E-state index in [2.05, 4.69) is 13.8 Å². The topological polar surface area (TPSA) is 30.2 Å². The fraction of sp³-hybridized carbons (Fsp3) is 0.583. The van der Waals surface area contributed by atoms with Gasteiger partial charge >= 0.3 is 0 Å². The summed E-state index contributed by atoms with van der Waals surface area (Å²) in [6.45, 7) is 4.31. The molecule has 1 aliphatic rings. The fourth-order valence-electron chi connectivity index (χ4n) is 2.42. The smallest absolute Gasteiger partial charge is 0.134 e. The molecule has 76 valence electrons. The van der Waals surface area contributed by atoms with Gasteiger partial charge in [0.1, 0.15) is 11.5 Å². The third-order valence-electron chi connectivity index (χ3n) is 2.89. The van der Waals surface area contributed by atoms with E-state index < -0.39 is 0 Å². The molecule has 0 aliphatic heterocycles. The average Bonchev–Trinajstić information content (AvgIpc) is 2.51. The number of furan rings is 1. The van der Waals surface area contributed by atoms with Gasteiger partial charge in [-0.1, -0.05) is 13.8 Å². The second-order valence-electron chi connectivity index (χ2n) is 5.00. The molecule has 14 heavy (non-hydrogen) atoms. The molecule has 0 aromatic carbocycles. The molecule has 0 amide bonds. The van der Waals surface area contributed by atoms with E-state index in [-0.39, 0.29) is 5.41 Å². The first-order valence-electron chi connectivity index (χ1n) is 5.12. The molecular formula is C12H16O2. The van der Waals surface area contributed by atoms with Crippen LogP contribution in [0.2, 0.25) is 0 Å². The molecule has 0 radical (unpaired) electrons. The van der Waals surface area contributed by atoms with Crippen molar-refractivity contribution in [3.05, 3.63) is 24.2 Å². The summed E-state index contributed by atoms with van der Waals surface area (Å²) in [5.74, 6) is 1.62. The van der Waals surface area contributed by atoms with Gasteiger partial charge in [0.25, 0.3) is 0 Å². The Hall–Kier alpha value is -1.05. The van der Waals surface area contributed by atoms with Crippen LogP contribution in [0, 0.1) is 5.41 Å². The Balaban J connectivity index is 2.18. The normalized spacial score (nSPS) is 26.4. The molecule has 1 aliphatic carbocycles. The molecule has 1 aromatic rings. The van der Waals surface area contributed by atoms with Crippen LogP contribution in [-0.4, -0.2) is 5.78 Å². The van der Waals surface area contributed by atoms with Crippen molar-refractivity contribution >= 4 is 5.78 Å².